The maximum Gasteiger partial charge on any atom is 0.205 e. The summed E-state index contributed by atoms with van der Waals surface area (Å²) in [7, 11) is -0.878. The van der Waals surface area contributed by atoms with Crippen molar-refractivity contribution in [1.82, 2.24) is 4.90 Å². The fourth-order valence-corrected chi connectivity index (χ4v) is 4.54. The first-order chi connectivity index (χ1) is 10.4. The van der Waals surface area contributed by atoms with Crippen LogP contribution >= 0.6 is 8.38 Å². The van der Waals surface area contributed by atoms with Gasteiger partial charge in [0.1, 0.15) is 12.2 Å². The maximum absolute atomic E-state index is 6.14. The van der Waals surface area contributed by atoms with Gasteiger partial charge in [0.05, 0.1) is 0 Å². The summed E-state index contributed by atoms with van der Waals surface area (Å²) in [5, 5.41) is 1.18. The SMILES string of the molecule is c1ccc(CN2C[C@@H]3OP(c4ccccc4)O[C@H]3C2)cc1. The van der Waals surface area contributed by atoms with Gasteiger partial charge in [-0.3, -0.25) is 4.90 Å². The monoisotopic (exact) mass is 299 g/mol. The standard InChI is InChI=1S/C17H18NO2P/c1-3-7-14(8-4-1)11-18-12-16-17(13-18)20-21(19-16)15-9-5-2-6-10-15/h1-10,16-17H,11-13H2/t16-,17-/m0/s1. The van der Waals surface area contributed by atoms with Crippen molar-refractivity contribution < 1.29 is 9.05 Å². The first-order valence-corrected chi connectivity index (χ1v) is 8.51. The molecule has 0 spiro atoms. The summed E-state index contributed by atoms with van der Waals surface area (Å²) < 4.78 is 12.3. The fraction of sp³-hybridized carbons (Fsp3) is 0.294. The van der Waals surface area contributed by atoms with Crippen LogP contribution in [0.4, 0.5) is 0 Å². The van der Waals surface area contributed by atoms with E-state index in [-0.39, 0.29) is 12.2 Å². The minimum absolute atomic E-state index is 0.222. The van der Waals surface area contributed by atoms with Crippen LogP contribution in [0.2, 0.25) is 0 Å². The van der Waals surface area contributed by atoms with E-state index >= 15 is 0 Å². The highest BCUT2D eigenvalue weighted by Crippen LogP contribution is 2.49. The maximum atomic E-state index is 6.14. The Morgan fingerprint density at radius 1 is 0.857 bits per heavy atom. The predicted octanol–water partition coefficient (Wildman–Crippen LogP) is 2.92. The van der Waals surface area contributed by atoms with E-state index in [9.17, 15) is 0 Å². The van der Waals surface area contributed by atoms with Gasteiger partial charge >= 0.3 is 0 Å². The van der Waals surface area contributed by atoms with Gasteiger partial charge in [0.2, 0.25) is 8.38 Å². The molecular formula is C17H18NO2P. The molecule has 0 radical (unpaired) electrons. The molecule has 2 aliphatic heterocycles. The topological polar surface area (TPSA) is 21.7 Å². The Kier molecular flexibility index (Phi) is 3.74. The molecule has 0 unspecified atom stereocenters. The molecule has 2 atom stereocenters. The van der Waals surface area contributed by atoms with E-state index in [0.29, 0.717) is 0 Å². The van der Waals surface area contributed by atoms with E-state index in [2.05, 4.69) is 47.4 Å². The van der Waals surface area contributed by atoms with Gasteiger partial charge in [-0.25, -0.2) is 0 Å². The van der Waals surface area contributed by atoms with Crippen LogP contribution in [0.1, 0.15) is 5.56 Å². The van der Waals surface area contributed by atoms with Crippen molar-refractivity contribution in [3.63, 3.8) is 0 Å². The lowest BCUT2D eigenvalue weighted by Crippen LogP contribution is -2.22. The van der Waals surface area contributed by atoms with Crippen LogP contribution in [0.5, 0.6) is 0 Å². The average molecular weight is 299 g/mol. The quantitative estimate of drug-likeness (QED) is 0.813. The summed E-state index contributed by atoms with van der Waals surface area (Å²) >= 11 is 0. The first-order valence-electron chi connectivity index (χ1n) is 7.33. The molecule has 0 amide bonds. The van der Waals surface area contributed by atoms with E-state index < -0.39 is 8.38 Å². The van der Waals surface area contributed by atoms with Crippen molar-refractivity contribution in [2.24, 2.45) is 0 Å². The van der Waals surface area contributed by atoms with Crippen LogP contribution in [0.15, 0.2) is 60.7 Å². The lowest BCUT2D eigenvalue weighted by Gasteiger charge is -2.18. The molecule has 3 nitrogen and oxygen atoms in total. The molecule has 0 bridgehead atoms. The van der Waals surface area contributed by atoms with Gasteiger partial charge in [-0.2, -0.15) is 0 Å². The highest BCUT2D eigenvalue weighted by Gasteiger charge is 2.44. The Bertz CT molecular complexity index is 578. The number of hydrogen-bond acceptors (Lipinski definition) is 3. The Labute approximate surface area is 126 Å². The van der Waals surface area contributed by atoms with Crippen LogP contribution in [-0.4, -0.2) is 30.2 Å². The molecule has 0 saturated carbocycles. The van der Waals surface area contributed by atoms with Gasteiger partial charge in [0.15, 0.2) is 0 Å². The van der Waals surface area contributed by atoms with E-state index in [1.807, 2.05) is 18.2 Å². The lowest BCUT2D eigenvalue weighted by molar-refractivity contribution is 0.205. The van der Waals surface area contributed by atoms with Crippen LogP contribution in [0.25, 0.3) is 0 Å². The van der Waals surface area contributed by atoms with Gasteiger partial charge < -0.3 is 9.05 Å². The second-order valence-corrected chi connectivity index (χ2v) is 7.01. The summed E-state index contributed by atoms with van der Waals surface area (Å²) in [5.41, 5.74) is 1.35. The number of rotatable bonds is 3. The van der Waals surface area contributed by atoms with Crippen molar-refractivity contribution in [2.45, 2.75) is 18.8 Å². The van der Waals surface area contributed by atoms with Crippen LogP contribution < -0.4 is 5.30 Å². The van der Waals surface area contributed by atoms with Gasteiger partial charge in [0.25, 0.3) is 0 Å². The largest absolute Gasteiger partial charge is 0.323 e. The molecule has 2 heterocycles. The van der Waals surface area contributed by atoms with Crippen molar-refractivity contribution in [3.8, 4) is 0 Å². The zero-order valence-electron chi connectivity index (χ0n) is 11.8. The smallest absolute Gasteiger partial charge is 0.205 e. The molecule has 0 N–H and O–H groups in total. The molecule has 0 aromatic heterocycles. The minimum Gasteiger partial charge on any atom is -0.323 e. The van der Waals surface area contributed by atoms with Crippen LogP contribution in [-0.2, 0) is 15.6 Å². The Balaban J connectivity index is 1.37. The minimum atomic E-state index is -0.878. The molecule has 2 aromatic rings. The number of benzene rings is 2. The van der Waals surface area contributed by atoms with Crippen molar-refractivity contribution in [1.29, 1.82) is 0 Å². The Morgan fingerprint density at radius 2 is 1.43 bits per heavy atom. The Morgan fingerprint density at radius 3 is 2.05 bits per heavy atom. The Hall–Kier alpha value is -1.25. The molecule has 2 fully saturated rings. The average Bonchev–Trinajstić information content (AvgIpc) is 3.07. The zero-order chi connectivity index (χ0) is 14.1. The summed E-state index contributed by atoms with van der Waals surface area (Å²) in [6.45, 7) is 2.90. The lowest BCUT2D eigenvalue weighted by atomic mass is 10.2. The summed E-state index contributed by atoms with van der Waals surface area (Å²) in [5.74, 6) is 0. The third-order valence-corrected chi connectivity index (χ3v) is 5.61. The molecule has 4 rings (SSSR count). The third-order valence-electron chi connectivity index (χ3n) is 3.97. The first kappa shape index (κ1) is 13.4. The van der Waals surface area contributed by atoms with E-state index in [0.717, 1.165) is 19.6 Å². The molecule has 2 saturated heterocycles. The zero-order valence-corrected chi connectivity index (χ0v) is 12.7. The number of fused-ring (bicyclic) bond motifs is 1. The van der Waals surface area contributed by atoms with E-state index in [1.54, 1.807) is 0 Å². The fourth-order valence-electron chi connectivity index (χ4n) is 2.93. The molecular weight excluding hydrogens is 281 g/mol. The van der Waals surface area contributed by atoms with E-state index in [1.165, 1.54) is 10.9 Å². The van der Waals surface area contributed by atoms with Gasteiger partial charge in [-0.05, 0) is 17.7 Å². The van der Waals surface area contributed by atoms with Crippen molar-refractivity contribution in [3.05, 3.63) is 66.2 Å². The van der Waals surface area contributed by atoms with Gasteiger partial charge in [0, 0.05) is 24.9 Å². The molecule has 21 heavy (non-hydrogen) atoms. The molecule has 2 aliphatic rings. The van der Waals surface area contributed by atoms with Gasteiger partial charge in [-0.1, -0.05) is 48.5 Å². The predicted molar refractivity (Wildman–Crippen MR) is 84.5 cm³/mol. The highest BCUT2D eigenvalue weighted by molar-refractivity contribution is 7.56. The molecule has 0 aliphatic carbocycles. The summed E-state index contributed by atoms with van der Waals surface area (Å²) in [6.07, 6.45) is 0.444. The second kappa shape index (κ2) is 5.86. The third kappa shape index (κ3) is 2.88. The van der Waals surface area contributed by atoms with Gasteiger partial charge in [-0.15, -0.1) is 0 Å². The summed E-state index contributed by atoms with van der Waals surface area (Å²) in [6, 6.07) is 20.9. The van der Waals surface area contributed by atoms with Crippen LogP contribution in [0, 0.1) is 0 Å². The van der Waals surface area contributed by atoms with E-state index in [4.69, 9.17) is 9.05 Å². The molecule has 108 valence electrons. The van der Waals surface area contributed by atoms with Crippen LogP contribution in [0.3, 0.4) is 0 Å². The van der Waals surface area contributed by atoms with Crippen molar-refractivity contribution >= 4 is 13.7 Å². The summed E-state index contributed by atoms with van der Waals surface area (Å²) in [4.78, 5) is 2.42. The normalized spacial score (nSPS) is 26.1. The van der Waals surface area contributed by atoms with Crippen molar-refractivity contribution in [2.75, 3.05) is 13.1 Å². The molecule has 4 heteroatoms. The second-order valence-electron chi connectivity index (χ2n) is 5.56. The number of nitrogens with zero attached hydrogens (tertiary/aromatic N) is 1. The highest BCUT2D eigenvalue weighted by atomic mass is 31.2. The number of hydrogen-bond donors (Lipinski definition) is 0. The number of likely N-dealkylation sites (tertiary alicyclic amines) is 1. The molecule has 2 aromatic carbocycles.